The number of allylic oxidation sites excluding steroid dienone is 1. The van der Waals surface area contributed by atoms with Gasteiger partial charge in [-0.1, -0.05) is 23.8 Å². The molecule has 3 rings (SSSR count). The fraction of sp³-hybridized carbons (Fsp3) is 0.542. The van der Waals surface area contributed by atoms with Gasteiger partial charge in [-0.25, -0.2) is 0 Å². The zero-order chi connectivity index (χ0) is 23.3. The molecule has 1 fully saturated rings. The first kappa shape index (κ1) is 23.9. The molecule has 1 aliphatic carbocycles. The molecule has 1 aromatic carbocycles. The maximum Gasteiger partial charge on any atom is 0.243 e. The van der Waals surface area contributed by atoms with Crippen LogP contribution in [0.2, 0.25) is 0 Å². The van der Waals surface area contributed by atoms with Gasteiger partial charge in [0.25, 0.3) is 0 Å². The number of amides is 2. The Balaban J connectivity index is 1.76. The van der Waals surface area contributed by atoms with Crippen LogP contribution in [0.25, 0.3) is 0 Å². The topological polar surface area (TPSA) is 123 Å². The minimum absolute atomic E-state index is 0.139. The molecule has 2 aliphatic rings. The number of carbonyl (C=O) groups excluding carboxylic acids is 3. The van der Waals surface area contributed by atoms with E-state index in [1.54, 1.807) is 33.1 Å². The van der Waals surface area contributed by atoms with Crippen molar-refractivity contribution >= 4 is 17.6 Å². The Kier molecular flexibility index (Phi) is 7.69. The molecule has 0 bridgehead atoms. The van der Waals surface area contributed by atoms with Gasteiger partial charge in [0.15, 0.2) is 5.78 Å². The molecule has 0 radical (unpaired) electrons. The van der Waals surface area contributed by atoms with Crippen molar-refractivity contribution in [2.24, 2.45) is 5.73 Å². The Bertz CT molecular complexity index is 874. The third-order valence-corrected chi connectivity index (χ3v) is 5.98. The molecule has 0 aromatic heterocycles. The molecule has 4 atom stereocenters. The van der Waals surface area contributed by atoms with Gasteiger partial charge in [0.1, 0.15) is 17.4 Å². The van der Waals surface area contributed by atoms with Gasteiger partial charge in [0, 0.05) is 6.42 Å². The van der Waals surface area contributed by atoms with Crippen LogP contribution in [0.3, 0.4) is 0 Å². The van der Waals surface area contributed by atoms with Gasteiger partial charge in [-0.3, -0.25) is 14.4 Å². The average Bonchev–Trinajstić information content (AvgIpc) is 3.31. The van der Waals surface area contributed by atoms with Gasteiger partial charge in [-0.15, -0.1) is 0 Å². The van der Waals surface area contributed by atoms with E-state index in [0.29, 0.717) is 18.8 Å². The van der Waals surface area contributed by atoms with Gasteiger partial charge in [0.2, 0.25) is 11.8 Å². The molecule has 8 nitrogen and oxygen atoms in total. The summed E-state index contributed by atoms with van der Waals surface area (Å²) in [5.41, 5.74) is 6.86. The number of hydrogen-bond acceptors (Lipinski definition) is 6. The van der Waals surface area contributed by atoms with Gasteiger partial charge >= 0.3 is 0 Å². The van der Waals surface area contributed by atoms with Crippen LogP contribution in [0.5, 0.6) is 5.75 Å². The number of rotatable bonds is 11. The number of benzene rings is 1. The van der Waals surface area contributed by atoms with Crippen LogP contribution < -0.4 is 21.1 Å². The maximum atomic E-state index is 13.3. The Labute approximate surface area is 188 Å². The second-order valence-electron chi connectivity index (χ2n) is 8.81. The van der Waals surface area contributed by atoms with Crippen LogP contribution in [0, 0.1) is 0 Å². The lowest BCUT2D eigenvalue weighted by molar-refractivity contribution is -0.133. The summed E-state index contributed by atoms with van der Waals surface area (Å²) in [5.74, 6) is -0.295. The summed E-state index contributed by atoms with van der Waals surface area (Å²) in [6.45, 7) is 3.65. The number of ether oxygens (including phenoxy) is 2. The fourth-order valence-electron chi connectivity index (χ4n) is 3.80. The van der Waals surface area contributed by atoms with Crippen LogP contribution in [0.4, 0.5) is 0 Å². The summed E-state index contributed by atoms with van der Waals surface area (Å²) >= 11 is 0. The smallest absolute Gasteiger partial charge is 0.243 e. The Morgan fingerprint density at radius 1 is 1.12 bits per heavy atom. The molecular weight excluding hydrogens is 410 g/mol. The van der Waals surface area contributed by atoms with E-state index in [-0.39, 0.29) is 12.2 Å². The minimum atomic E-state index is -0.873. The summed E-state index contributed by atoms with van der Waals surface area (Å²) in [5, 5.41) is 5.61. The van der Waals surface area contributed by atoms with Crippen molar-refractivity contribution in [3.63, 3.8) is 0 Å². The van der Waals surface area contributed by atoms with Crippen molar-refractivity contribution in [1.29, 1.82) is 0 Å². The van der Waals surface area contributed by atoms with E-state index in [4.69, 9.17) is 15.2 Å². The highest BCUT2D eigenvalue weighted by Crippen LogP contribution is 2.31. The molecular formula is C24H33N3O5. The summed E-state index contributed by atoms with van der Waals surface area (Å²) in [7, 11) is 1.58. The van der Waals surface area contributed by atoms with Gasteiger partial charge in [0.05, 0.1) is 25.8 Å². The maximum absolute atomic E-state index is 13.3. The van der Waals surface area contributed by atoms with E-state index in [1.165, 1.54) is 5.57 Å². The summed E-state index contributed by atoms with van der Waals surface area (Å²) in [6, 6.07) is 4.92. The van der Waals surface area contributed by atoms with Crippen LogP contribution >= 0.6 is 0 Å². The Hall–Kier alpha value is -2.71. The molecule has 2 amide bonds. The van der Waals surface area contributed by atoms with Crippen LogP contribution in [0.1, 0.15) is 45.1 Å². The fourth-order valence-corrected chi connectivity index (χ4v) is 3.80. The van der Waals surface area contributed by atoms with E-state index in [9.17, 15) is 14.4 Å². The number of ketones is 1. The SMILES string of the molecule is COc1ccc(C[C@H](NC(=O)[C@H](C)N)C(=O)N[C@@H](CC2=CCCC2)C(=O)[C@@]2(C)CO2)cc1. The molecule has 1 saturated heterocycles. The monoisotopic (exact) mass is 443 g/mol. The molecule has 1 heterocycles. The quantitative estimate of drug-likeness (QED) is 0.351. The lowest BCUT2D eigenvalue weighted by Gasteiger charge is -2.25. The number of Topliss-reactive ketones (excluding diaryl/α,β-unsaturated/α-hetero) is 1. The number of nitrogens with one attached hydrogen (secondary N) is 2. The standard InChI is InChI=1S/C24H33N3O5/c1-15(25)22(29)27-20(13-17-8-10-18(31-3)11-9-17)23(30)26-19(12-16-6-4-5-7-16)21(28)24(2)14-32-24/h6,8-11,15,19-20H,4-5,7,12-14,25H2,1-3H3,(H,26,30)(H,27,29)/t15-,19-,20-,24+/m0/s1. The average molecular weight is 444 g/mol. The zero-order valence-corrected chi connectivity index (χ0v) is 19.0. The third kappa shape index (κ3) is 6.17. The first-order chi connectivity index (χ1) is 15.2. The summed E-state index contributed by atoms with van der Waals surface area (Å²) in [6.07, 6.45) is 5.82. The van der Waals surface area contributed by atoms with Gasteiger partial charge in [-0.05, 0) is 57.2 Å². The molecule has 0 spiro atoms. The lowest BCUT2D eigenvalue weighted by atomic mass is 9.94. The van der Waals surface area contributed by atoms with E-state index in [1.807, 2.05) is 12.1 Å². The van der Waals surface area contributed by atoms with Crippen LogP contribution in [0.15, 0.2) is 35.9 Å². The van der Waals surface area contributed by atoms with Crippen LogP contribution in [-0.2, 0) is 25.5 Å². The van der Waals surface area contributed by atoms with E-state index in [0.717, 1.165) is 24.8 Å². The molecule has 8 heteroatoms. The molecule has 174 valence electrons. The van der Waals surface area contributed by atoms with Gasteiger partial charge < -0.3 is 25.8 Å². The molecule has 0 saturated carbocycles. The second-order valence-corrected chi connectivity index (χ2v) is 8.81. The highest BCUT2D eigenvalue weighted by molar-refractivity contribution is 5.98. The normalized spacial score (nSPS) is 22.3. The van der Waals surface area contributed by atoms with Crippen molar-refractivity contribution in [1.82, 2.24) is 10.6 Å². The lowest BCUT2D eigenvalue weighted by Crippen LogP contribution is -2.56. The first-order valence-corrected chi connectivity index (χ1v) is 11.1. The number of epoxide rings is 1. The number of hydrogen-bond donors (Lipinski definition) is 3. The van der Waals surface area contributed by atoms with E-state index >= 15 is 0 Å². The van der Waals surface area contributed by atoms with Crippen molar-refractivity contribution in [3.05, 3.63) is 41.5 Å². The van der Waals surface area contributed by atoms with E-state index < -0.39 is 35.5 Å². The minimum Gasteiger partial charge on any atom is -0.497 e. The van der Waals surface area contributed by atoms with Crippen molar-refractivity contribution in [2.75, 3.05) is 13.7 Å². The molecule has 1 aromatic rings. The third-order valence-electron chi connectivity index (χ3n) is 5.98. The molecule has 32 heavy (non-hydrogen) atoms. The highest BCUT2D eigenvalue weighted by Gasteiger charge is 2.50. The van der Waals surface area contributed by atoms with Gasteiger partial charge in [-0.2, -0.15) is 0 Å². The number of carbonyl (C=O) groups is 3. The molecule has 0 unspecified atom stereocenters. The van der Waals surface area contributed by atoms with Crippen molar-refractivity contribution in [3.8, 4) is 5.75 Å². The van der Waals surface area contributed by atoms with E-state index in [2.05, 4.69) is 16.7 Å². The molecule has 1 aliphatic heterocycles. The van der Waals surface area contributed by atoms with Crippen molar-refractivity contribution in [2.45, 2.75) is 69.7 Å². The molecule has 4 N–H and O–H groups in total. The highest BCUT2D eigenvalue weighted by atomic mass is 16.6. The van der Waals surface area contributed by atoms with Crippen LogP contribution in [-0.4, -0.2) is 55.0 Å². The first-order valence-electron chi connectivity index (χ1n) is 11.1. The number of methoxy groups -OCH3 is 1. The zero-order valence-electron chi connectivity index (χ0n) is 19.0. The van der Waals surface area contributed by atoms with Crippen molar-refractivity contribution < 1.29 is 23.9 Å². The Morgan fingerprint density at radius 3 is 2.31 bits per heavy atom. The largest absolute Gasteiger partial charge is 0.497 e. The predicted molar refractivity (Wildman–Crippen MR) is 120 cm³/mol. The summed E-state index contributed by atoms with van der Waals surface area (Å²) in [4.78, 5) is 38.6. The second kappa shape index (κ2) is 10.3. The number of nitrogens with two attached hydrogens (primary N) is 1. The predicted octanol–water partition coefficient (Wildman–Crippen LogP) is 1.41. The summed E-state index contributed by atoms with van der Waals surface area (Å²) < 4.78 is 10.5. The Morgan fingerprint density at radius 2 is 1.78 bits per heavy atom.